The average Bonchev–Trinajstić information content (AvgIpc) is 3.60. The van der Waals surface area contributed by atoms with E-state index in [0.29, 0.717) is 17.9 Å². The zero-order valence-electron chi connectivity index (χ0n) is 25.3. The second kappa shape index (κ2) is 10.9. The first-order valence-electron chi connectivity index (χ1n) is 16.3. The highest BCUT2D eigenvalue weighted by atomic mass is 16.7. The Morgan fingerprint density at radius 2 is 1.81 bits per heavy atom. The van der Waals surface area contributed by atoms with Gasteiger partial charge in [0.15, 0.2) is 11.5 Å². The number of hydrogen-bond acceptors (Lipinski definition) is 8. The lowest BCUT2D eigenvalue weighted by Crippen LogP contribution is -2.57. The van der Waals surface area contributed by atoms with Gasteiger partial charge in [-0.15, -0.1) is 0 Å². The smallest absolute Gasteiger partial charge is 0.310 e. The van der Waals surface area contributed by atoms with Gasteiger partial charge in [-0.3, -0.25) is 19.4 Å². The Kier molecular flexibility index (Phi) is 7.26. The van der Waals surface area contributed by atoms with Gasteiger partial charge in [-0.25, -0.2) is 0 Å². The number of ether oxygens (including phenoxy) is 3. The van der Waals surface area contributed by atoms with Gasteiger partial charge in [0.2, 0.25) is 17.8 Å². The number of Topliss-reactive ketones (excluding diaryl/α,β-unsaturated/α-hetero) is 1. The second-order valence-electron chi connectivity index (χ2n) is 14.3. The van der Waals surface area contributed by atoms with Crippen LogP contribution in [0.1, 0.15) is 83.6 Å². The molecule has 4 saturated carbocycles. The van der Waals surface area contributed by atoms with Gasteiger partial charge in [0.1, 0.15) is 6.61 Å². The third-order valence-electron chi connectivity index (χ3n) is 12.1. The molecule has 0 bridgehead atoms. The number of hydrogen-bond donors (Lipinski definition) is 1. The van der Waals surface area contributed by atoms with E-state index < -0.39 is 23.8 Å². The minimum atomic E-state index is -0.665. The summed E-state index contributed by atoms with van der Waals surface area (Å²) in [6.45, 7) is 4.07. The number of allylic oxidation sites excluding steroid dienone is 2. The summed E-state index contributed by atoms with van der Waals surface area (Å²) in [5.41, 5.74) is 0.845. The molecule has 0 amide bonds. The Balaban J connectivity index is 1.09. The average molecular weight is 590 g/mol. The molecule has 0 radical (unpaired) electrons. The summed E-state index contributed by atoms with van der Waals surface area (Å²) in [5, 5.41) is 12.0. The molecule has 2 heterocycles. The minimum absolute atomic E-state index is 0.0579. The van der Waals surface area contributed by atoms with Crippen molar-refractivity contribution in [2.45, 2.75) is 96.9 Å². The summed E-state index contributed by atoms with van der Waals surface area (Å²) in [5.74, 6) is 0.700. The van der Waals surface area contributed by atoms with Crippen LogP contribution < -0.4 is 0 Å². The predicted octanol–water partition coefficient (Wildman–Crippen LogP) is 5.24. The third-order valence-corrected chi connectivity index (χ3v) is 12.1. The van der Waals surface area contributed by atoms with E-state index in [9.17, 15) is 19.5 Å². The molecule has 6 aliphatic rings. The Hall–Kier alpha value is -3.00. The van der Waals surface area contributed by atoms with Crippen molar-refractivity contribution in [3.05, 3.63) is 53.3 Å². The van der Waals surface area contributed by atoms with Gasteiger partial charge in [0.25, 0.3) is 0 Å². The van der Waals surface area contributed by atoms with Crippen LogP contribution in [0, 0.1) is 40.4 Å². The van der Waals surface area contributed by atoms with Crippen molar-refractivity contribution in [1.29, 1.82) is 0 Å². The van der Waals surface area contributed by atoms with Crippen LogP contribution in [0.15, 0.2) is 47.7 Å². The summed E-state index contributed by atoms with van der Waals surface area (Å²) in [4.78, 5) is 43.2. The minimum Gasteiger partial charge on any atom is -0.457 e. The highest BCUT2D eigenvalue weighted by Crippen LogP contribution is 2.68. The zero-order chi connectivity index (χ0) is 29.9. The molecule has 1 aliphatic heterocycles. The first-order valence-corrected chi connectivity index (χ1v) is 16.3. The number of fused-ring (bicyclic) bond motifs is 6. The maximum absolute atomic E-state index is 13.5. The lowest BCUT2D eigenvalue weighted by atomic mass is 9.46. The van der Waals surface area contributed by atoms with Crippen LogP contribution >= 0.6 is 0 Å². The summed E-state index contributed by atoms with van der Waals surface area (Å²) in [7, 11) is 0. The van der Waals surface area contributed by atoms with Crippen molar-refractivity contribution in [3.63, 3.8) is 0 Å². The monoisotopic (exact) mass is 589 g/mol. The van der Waals surface area contributed by atoms with E-state index in [2.05, 4.69) is 18.8 Å². The second-order valence-corrected chi connectivity index (χ2v) is 14.3. The number of nitrogens with zero attached hydrogens (tertiary/aromatic N) is 1. The van der Waals surface area contributed by atoms with Crippen LogP contribution in [0.3, 0.4) is 0 Å². The van der Waals surface area contributed by atoms with Crippen LogP contribution in [-0.2, 0) is 35.0 Å². The predicted molar refractivity (Wildman–Crippen MR) is 156 cm³/mol. The number of aliphatic hydroxyl groups excluding tert-OH is 1. The lowest BCUT2D eigenvalue weighted by Gasteiger charge is -2.59. The van der Waals surface area contributed by atoms with E-state index >= 15 is 0 Å². The molecule has 43 heavy (non-hydrogen) atoms. The molecule has 8 nitrogen and oxygen atoms in total. The molecule has 0 saturated heterocycles. The van der Waals surface area contributed by atoms with Crippen LogP contribution in [0.4, 0.5) is 0 Å². The van der Waals surface area contributed by atoms with Crippen molar-refractivity contribution in [2.75, 3.05) is 6.61 Å². The first-order chi connectivity index (χ1) is 20.7. The molecule has 8 atom stereocenters. The molecule has 0 aromatic carbocycles. The fraction of sp³-hybridized carbons (Fsp3) is 0.657. The largest absolute Gasteiger partial charge is 0.457 e. The van der Waals surface area contributed by atoms with E-state index in [4.69, 9.17) is 14.2 Å². The number of esters is 1. The van der Waals surface area contributed by atoms with E-state index in [1.165, 1.54) is 6.42 Å². The maximum Gasteiger partial charge on any atom is 0.310 e. The molecule has 7 rings (SSSR count). The van der Waals surface area contributed by atoms with Gasteiger partial charge < -0.3 is 19.3 Å². The highest BCUT2D eigenvalue weighted by Gasteiger charge is 2.66. The molecule has 8 heteroatoms. The van der Waals surface area contributed by atoms with Crippen LogP contribution in [-0.4, -0.2) is 46.6 Å². The van der Waals surface area contributed by atoms with Gasteiger partial charge in [0.05, 0.1) is 17.9 Å². The van der Waals surface area contributed by atoms with Gasteiger partial charge in [-0.1, -0.05) is 31.8 Å². The quantitative estimate of drug-likeness (QED) is 0.449. The lowest BCUT2D eigenvalue weighted by molar-refractivity contribution is -0.155. The summed E-state index contributed by atoms with van der Waals surface area (Å²) < 4.78 is 18.3. The number of carbonyl (C=O) groups excluding carboxylic acids is 3. The van der Waals surface area contributed by atoms with Gasteiger partial charge >= 0.3 is 5.97 Å². The SMILES string of the molecule is C[C@@]12C(=CC(=O)C3=C1O[C@@H](C1CCCCC1)O3)CCC1C2[C@@H](O)C[C@@]2(C)C1CC[C@@H]2C(=O)COC(=O)Cc1ccncc1. The fourth-order valence-corrected chi connectivity index (χ4v) is 10.1. The zero-order valence-corrected chi connectivity index (χ0v) is 25.3. The first kappa shape index (κ1) is 28.8. The maximum atomic E-state index is 13.5. The highest BCUT2D eigenvalue weighted by molar-refractivity contribution is 6.05. The third kappa shape index (κ3) is 4.66. The molecule has 1 aromatic rings. The molecule has 230 valence electrons. The Labute approximate surface area is 253 Å². The van der Waals surface area contributed by atoms with Gasteiger partial charge in [-0.2, -0.15) is 0 Å². The van der Waals surface area contributed by atoms with E-state index in [-0.39, 0.29) is 59.6 Å². The van der Waals surface area contributed by atoms with E-state index in [1.807, 2.05) is 0 Å². The molecule has 4 fully saturated rings. The van der Waals surface area contributed by atoms with Gasteiger partial charge in [-0.05, 0) is 92.9 Å². The Morgan fingerprint density at radius 1 is 1.05 bits per heavy atom. The molecular weight excluding hydrogens is 546 g/mol. The number of pyridine rings is 1. The number of rotatable bonds is 6. The van der Waals surface area contributed by atoms with Crippen molar-refractivity contribution in [1.82, 2.24) is 4.98 Å². The van der Waals surface area contributed by atoms with Crippen molar-refractivity contribution < 1.29 is 33.7 Å². The Bertz CT molecular complexity index is 1360. The number of ketones is 2. The fourth-order valence-electron chi connectivity index (χ4n) is 10.1. The normalized spacial score (nSPS) is 38.6. The standard InChI is InChI=1S/C35H43NO7/c1-34-18-27(38)30-23(24(34)10-11-25(34)28(39)19-41-29(40)16-20-12-14-36-15-13-20)9-8-22-17-26(37)31-32(35(22,30)2)43-33(42-31)21-6-4-3-5-7-21/h12-15,17,21,23-25,27,30,33,38H,3-11,16,18-19H2,1-2H3/t23?,24?,25-,27+,30?,33+,34+,35+/m1/s1. The van der Waals surface area contributed by atoms with E-state index in [0.717, 1.165) is 62.5 Å². The number of aliphatic hydroxyl groups is 1. The molecule has 1 N–H and O–H groups in total. The number of carbonyl (C=O) groups is 3. The Morgan fingerprint density at radius 3 is 2.58 bits per heavy atom. The summed E-state index contributed by atoms with van der Waals surface area (Å²) >= 11 is 0. The van der Waals surface area contributed by atoms with Crippen LogP contribution in [0.5, 0.6) is 0 Å². The number of aromatic nitrogens is 1. The molecule has 5 aliphatic carbocycles. The van der Waals surface area contributed by atoms with Crippen molar-refractivity contribution in [2.24, 2.45) is 40.4 Å². The van der Waals surface area contributed by atoms with Crippen LogP contribution in [0.2, 0.25) is 0 Å². The van der Waals surface area contributed by atoms with Crippen molar-refractivity contribution in [3.8, 4) is 0 Å². The topological polar surface area (TPSA) is 112 Å². The molecular formula is C35H43NO7. The van der Waals surface area contributed by atoms with Crippen LogP contribution in [0.25, 0.3) is 0 Å². The summed E-state index contributed by atoms with van der Waals surface area (Å²) in [6.07, 6.45) is 13.4. The molecule has 0 spiro atoms. The van der Waals surface area contributed by atoms with Gasteiger partial charge in [0, 0.05) is 30.1 Å². The molecule has 3 unspecified atom stereocenters. The summed E-state index contributed by atoms with van der Waals surface area (Å²) in [6, 6.07) is 3.52. The molecule has 1 aromatic heterocycles. The van der Waals surface area contributed by atoms with Crippen molar-refractivity contribution >= 4 is 17.5 Å². The van der Waals surface area contributed by atoms with E-state index in [1.54, 1.807) is 30.6 Å².